The monoisotopic (exact) mass is 160 g/mol. The fraction of sp³-hybridized carbons (Fsp3) is 0.273. The van der Waals surface area contributed by atoms with Gasteiger partial charge in [0.2, 0.25) is 0 Å². The van der Waals surface area contributed by atoms with Crippen molar-refractivity contribution in [3.63, 3.8) is 0 Å². The minimum Gasteiger partial charge on any atom is -0.385 e. The molecule has 62 valence electrons. The van der Waals surface area contributed by atoms with E-state index < -0.39 is 5.60 Å². The maximum Gasteiger partial charge on any atom is 0.0914 e. The largest absolute Gasteiger partial charge is 0.385 e. The second-order valence-electron chi connectivity index (χ2n) is 3.60. The molecule has 0 radical (unpaired) electrons. The van der Waals surface area contributed by atoms with Crippen LogP contribution in [0.4, 0.5) is 0 Å². The van der Waals surface area contributed by atoms with Gasteiger partial charge in [-0.15, -0.1) is 0 Å². The lowest BCUT2D eigenvalue weighted by Crippen LogP contribution is -2.15. The van der Waals surface area contributed by atoms with Gasteiger partial charge in [-0.2, -0.15) is 0 Å². The number of aliphatic hydroxyl groups is 1. The van der Waals surface area contributed by atoms with E-state index in [2.05, 4.69) is 6.58 Å². The molecule has 1 aliphatic rings. The van der Waals surface area contributed by atoms with Gasteiger partial charge in [0.1, 0.15) is 0 Å². The van der Waals surface area contributed by atoms with E-state index in [4.69, 9.17) is 0 Å². The molecule has 0 fully saturated rings. The molecule has 0 heterocycles. The van der Waals surface area contributed by atoms with Gasteiger partial charge in [-0.05, 0) is 23.6 Å². The first-order valence-corrected chi connectivity index (χ1v) is 4.11. The van der Waals surface area contributed by atoms with Crippen molar-refractivity contribution in [1.29, 1.82) is 0 Å². The van der Waals surface area contributed by atoms with Crippen LogP contribution in [0, 0.1) is 0 Å². The summed E-state index contributed by atoms with van der Waals surface area (Å²) >= 11 is 0. The highest BCUT2D eigenvalue weighted by Gasteiger charge is 2.33. The van der Waals surface area contributed by atoms with Gasteiger partial charge >= 0.3 is 0 Å². The summed E-state index contributed by atoms with van der Waals surface area (Å²) < 4.78 is 0. The van der Waals surface area contributed by atoms with Gasteiger partial charge in [-0.3, -0.25) is 0 Å². The minimum atomic E-state index is -0.701. The zero-order valence-corrected chi connectivity index (χ0v) is 7.17. The molecule has 0 saturated carbocycles. The average Bonchev–Trinajstić information content (AvgIpc) is 2.25. The molecule has 0 aliphatic heterocycles. The molecule has 0 saturated heterocycles. The fourth-order valence-electron chi connectivity index (χ4n) is 1.87. The molecule has 1 aromatic rings. The van der Waals surface area contributed by atoms with Crippen molar-refractivity contribution in [3.8, 4) is 0 Å². The van der Waals surface area contributed by atoms with E-state index in [-0.39, 0.29) is 0 Å². The van der Waals surface area contributed by atoms with Crippen LogP contribution in [0.5, 0.6) is 0 Å². The SMILES string of the molecule is C=C1CC(C)(O)c2ccccc21. The Bertz CT molecular complexity index is 337. The lowest BCUT2D eigenvalue weighted by atomic mass is 9.99. The normalized spacial score (nSPS) is 27.3. The summed E-state index contributed by atoms with van der Waals surface area (Å²) in [5.41, 5.74) is 2.46. The van der Waals surface area contributed by atoms with E-state index >= 15 is 0 Å². The van der Waals surface area contributed by atoms with Gasteiger partial charge in [-0.1, -0.05) is 30.8 Å². The van der Waals surface area contributed by atoms with Crippen LogP contribution < -0.4 is 0 Å². The second kappa shape index (κ2) is 2.20. The summed E-state index contributed by atoms with van der Waals surface area (Å²) in [6, 6.07) is 7.91. The van der Waals surface area contributed by atoms with E-state index in [9.17, 15) is 5.11 Å². The lowest BCUT2D eigenvalue weighted by Gasteiger charge is -2.16. The van der Waals surface area contributed by atoms with Crippen molar-refractivity contribution in [2.75, 3.05) is 0 Å². The van der Waals surface area contributed by atoms with Crippen LogP contribution in [0.25, 0.3) is 5.57 Å². The van der Waals surface area contributed by atoms with Crippen molar-refractivity contribution in [2.45, 2.75) is 18.9 Å². The Morgan fingerprint density at radius 2 is 2.08 bits per heavy atom. The Labute approximate surface area is 72.4 Å². The first-order valence-electron chi connectivity index (χ1n) is 4.11. The third kappa shape index (κ3) is 0.901. The standard InChI is InChI=1S/C11H12O/c1-8-7-11(2,12)10-6-4-3-5-9(8)10/h3-6,12H,1,7H2,2H3. The van der Waals surface area contributed by atoms with Gasteiger partial charge in [-0.25, -0.2) is 0 Å². The van der Waals surface area contributed by atoms with Gasteiger partial charge in [0, 0.05) is 6.42 Å². The minimum absolute atomic E-state index is 0.659. The number of fused-ring (bicyclic) bond motifs is 1. The number of rotatable bonds is 0. The van der Waals surface area contributed by atoms with Crippen LogP contribution in [-0.4, -0.2) is 5.11 Å². The first-order chi connectivity index (χ1) is 5.61. The molecule has 0 spiro atoms. The molecule has 1 nitrogen and oxygen atoms in total. The Morgan fingerprint density at radius 1 is 1.42 bits per heavy atom. The van der Waals surface area contributed by atoms with Crippen LogP contribution in [0.3, 0.4) is 0 Å². The third-order valence-electron chi connectivity index (χ3n) is 2.45. The van der Waals surface area contributed by atoms with E-state index in [1.54, 1.807) is 0 Å². The predicted octanol–water partition coefficient (Wildman–Crippen LogP) is 2.31. The number of hydrogen-bond acceptors (Lipinski definition) is 1. The summed E-state index contributed by atoms with van der Waals surface area (Å²) in [5, 5.41) is 9.96. The summed E-state index contributed by atoms with van der Waals surface area (Å²) in [5.74, 6) is 0. The van der Waals surface area contributed by atoms with Crippen molar-refractivity contribution in [2.24, 2.45) is 0 Å². The van der Waals surface area contributed by atoms with E-state index in [1.165, 1.54) is 0 Å². The molecule has 0 aromatic heterocycles. The molecule has 12 heavy (non-hydrogen) atoms. The molecule has 1 aromatic carbocycles. The summed E-state index contributed by atoms with van der Waals surface area (Å²) in [6.07, 6.45) is 0.659. The van der Waals surface area contributed by atoms with Gasteiger partial charge in [0.05, 0.1) is 5.60 Å². The zero-order chi connectivity index (χ0) is 8.77. The molecular formula is C11H12O. The van der Waals surface area contributed by atoms with Crippen molar-refractivity contribution in [3.05, 3.63) is 42.0 Å². The maximum absolute atomic E-state index is 9.96. The zero-order valence-electron chi connectivity index (χ0n) is 7.17. The van der Waals surface area contributed by atoms with Crippen molar-refractivity contribution < 1.29 is 5.11 Å². The number of benzene rings is 1. The van der Waals surface area contributed by atoms with E-state index in [1.807, 2.05) is 31.2 Å². The molecule has 2 rings (SSSR count). The topological polar surface area (TPSA) is 20.2 Å². The smallest absolute Gasteiger partial charge is 0.0914 e. The Morgan fingerprint density at radius 3 is 2.75 bits per heavy atom. The van der Waals surface area contributed by atoms with Crippen LogP contribution >= 0.6 is 0 Å². The van der Waals surface area contributed by atoms with Crippen LogP contribution in [0.15, 0.2) is 30.8 Å². The fourth-order valence-corrected chi connectivity index (χ4v) is 1.87. The molecular weight excluding hydrogens is 148 g/mol. The Hall–Kier alpha value is -1.08. The lowest BCUT2D eigenvalue weighted by molar-refractivity contribution is 0.0692. The molecule has 1 heteroatoms. The second-order valence-corrected chi connectivity index (χ2v) is 3.60. The van der Waals surface area contributed by atoms with Gasteiger partial charge in [0.15, 0.2) is 0 Å². The predicted molar refractivity (Wildman–Crippen MR) is 49.7 cm³/mol. The average molecular weight is 160 g/mol. The first kappa shape index (κ1) is 7.56. The highest BCUT2D eigenvalue weighted by molar-refractivity contribution is 5.73. The van der Waals surface area contributed by atoms with Crippen LogP contribution in [0.2, 0.25) is 0 Å². The number of hydrogen-bond donors (Lipinski definition) is 1. The third-order valence-corrected chi connectivity index (χ3v) is 2.45. The Balaban J connectivity index is 2.66. The van der Waals surface area contributed by atoms with Gasteiger partial charge in [0.25, 0.3) is 0 Å². The van der Waals surface area contributed by atoms with E-state index in [0.29, 0.717) is 6.42 Å². The molecule has 0 bridgehead atoms. The summed E-state index contributed by atoms with van der Waals surface area (Å²) in [4.78, 5) is 0. The summed E-state index contributed by atoms with van der Waals surface area (Å²) in [7, 11) is 0. The van der Waals surface area contributed by atoms with Gasteiger partial charge < -0.3 is 5.11 Å². The molecule has 1 aliphatic carbocycles. The molecule has 1 atom stereocenters. The highest BCUT2D eigenvalue weighted by Crippen LogP contribution is 2.42. The molecule has 1 N–H and O–H groups in total. The molecule has 0 amide bonds. The van der Waals surface area contributed by atoms with Crippen LogP contribution in [0.1, 0.15) is 24.5 Å². The quantitative estimate of drug-likeness (QED) is 0.617. The van der Waals surface area contributed by atoms with E-state index in [0.717, 1.165) is 16.7 Å². The molecule has 1 unspecified atom stereocenters. The van der Waals surface area contributed by atoms with Crippen molar-refractivity contribution >= 4 is 5.57 Å². The van der Waals surface area contributed by atoms with Crippen molar-refractivity contribution in [1.82, 2.24) is 0 Å². The highest BCUT2D eigenvalue weighted by atomic mass is 16.3. The maximum atomic E-state index is 9.96. The van der Waals surface area contributed by atoms with Crippen LogP contribution in [-0.2, 0) is 5.60 Å². The Kier molecular flexibility index (Phi) is 1.39. The summed E-state index contributed by atoms with van der Waals surface area (Å²) in [6.45, 7) is 5.77.